The molecular weight excluding hydrogens is 414 g/mol. The van der Waals surface area contributed by atoms with Crippen LogP contribution in [0.5, 0.6) is 11.5 Å². The van der Waals surface area contributed by atoms with E-state index in [1.54, 1.807) is 30.3 Å². The highest BCUT2D eigenvalue weighted by Gasteiger charge is 2.25. The van der Waals surface area contributed by atoms with Gasteiger partial charge in [0, 0.05) is 19.0 Å². The molecule has 0 spiro atoms. The van der Waals surface area contributed by atoms with E-state index in [0.717, 1.165) is 12.0 Å². The highest BCUT2D eigenvalue weighted by Crippen LogP contribution is 2.25. The Bertz CT molecular complexity index is 978. The minimum absolute atomic E-state index is 0.0419. The number of hydrogen-bond acceptors (Lipinski definition) is 5. The first kappa shape index (κ1) is 24.7. The van der Waals surface area contributed by atoms with Gasteiger partial charge in [0.15, 0.2) is 0 Å². The highest BCUT2D eigenvalue weighted by atomic mass is 32.2. The van der Waals surface area contributed by atoms with Crippen molar-refractivity contribution in [3.05, 3.63) is 54.1 Å². The minimum Gasteiger partial charge on any atom is -0.497 e. The third kappa shape index (κ3) is 7.28. The number of carbonyl (C=O) groups excluding carboxylic acids is 1. The van der Waals surface area contributed by atoms with Gasteiger partial charge >= 0.3 is 10.1 Å². The highest BCUT2D eigenvalue weighted by molar-refractivity contribution is 7.87. The first-order valence-corrected chi connectivity index (χ1v) is 11.8. The average Bonchev–Trinajstić information content (AvgIpc) is 2.70. The molecule has 6 nitrogen and oxygen atoms in total. The maximum Gasteiger partial charge on any atom is 0.339 e. The quantitative estimate of drug-likeness (QED) is 0.504. The molecule has 2 rings (SSSR count). The van der Waals surface area contributed by atoms with Crippen LogP contribution in [-0.2, 0) is 21.5 Å². The molecule has 0 aliphatic heterocycles. The largest absolute Gasteiger partial charge is 0.497 e. The summed E-state index contributed by atoms with van der Waals surface area (Å²) in [7, 11) is -2.47. The molecule has 0 saturated heterocycles. The molecule has 0 fully saturated rings. The Balaban J connectivity index is 2.21. The summed E-state index contributed by atoms with van der Waals surface area (Å²) in [5.74, 6) is 0.853. The predicted molar refractivity (Wildman–Crippen MR) is 122 cm³/mol. The smallest absolute Gasteiger partial charge is 0.339 e. The van der Waals surface area contributed by atoms with Crippen LogP contribution in [0, 0.1) is 5.41 Å². The van der Waals surface area contributed by atoms with Gasteiger partial charge in [-0.2, -0.15) is 8.42 Å². The molecule has 0 unspecified atom stereocenters. The predicted octanol–water partition coefficient (Wildman–Crippen LogP) is 5.03. The summed E-state index contributed by atoms with van der Waals surface area (Å²) in [5, 5.41) is 0. The second-order valence-electron chi connectivity index (χ2n) is 8.88. The van der Waals surface area contributed by atoms with Crippen molar-refractivity contribution in [3.63, 3.8) is 0 Å². The standard InChI is InChI=1S/C24H33NO5S/c1-7-18(2)25(23(26)16-24(3,4)5)17-19-9-8-10-21(15-19)30-31(27,28)22-13-11-20(29-6)12-14-22/h8-15,18H,7,16-17H2,1-6H3/t18-/m0/s1. The van der Waals surface area contributed by atoms with Crippen molar-refractivity contribution in [1.29, 1.82) is 0 Å². The fourth-order valence-electron chi connectivity index (χ4n) is 3.07. The van der Waals surface area contributed by atoms with Crippen LogP contribution in [0.25, 0.3) is 0 Å². The van der Waals surface area contributed by atoms with Crippen LogP contribution in [0.3, 0.4) is 0 Å². The van der Waals surface area contributed by atoms with Gasteiger partial charge in [0.05, 0.1) is 7.11 Å². The minimum atomic E-state index is -3.98. The monoisotopic (exact) mass is 447 g/mol. The summed E-state index contributed by atoms with van der Waals surface area (Å²) >= 11 is 0. The molecule has 1 atom stereocenters. The Morgan fingerprint density at radius 3 is 2.26 bits per heavy atom. The van der Waals surface area contributed by atoms with Crippen LogP contribution in [0.2, 0.25) is 0 Å². The fourth-order valence-corrected chi connectivity index (χ4v) is 4.00. The zero-order valence-corrected chi connectivity index (χ0v) is 20.0. The Morgan fingerprint density at radius 1 is 1.06 bits per heavy atom. The molecule has 0 heterocycles. The van der Waals surface area contributed by atoms with Crippen molar-refractivity contribution in [1.82, 2.24) is 4.90 Å². The van der Waals surface area contributed by atoms with Gasteiger partial charge < -0.3 is 13.8 Å². The van der Waals surface area contributed by atoms with Crippen molar-refractivity contribution in [2.45, 2.75) is 64.9 Å². The van der Waals surface area contributed by atoms with E-state index in [0.29, 0.717) is 18.7 Å². The Kier molecular flexibility index (Phi) is 8.12. The molecule has 0 aliphatic carbocycles. The van der Waals surface area contributed by atoms with Gasteiger partial charge in [-0.05, 0) is 60.7 Å². The zero-order chi connectivity index (χ0) is 23.2. The number of amides is 1. The van der Waals surface area contributed by atoms with Gasteiger partial charge in [-0.15, -0.1) is 0 Å². The van der Waals surface area contributed by atoms with E-state index >= 15 is 0 Å². The summed E-state index contributed by atoms with van der Waals surface area (Å²) < 4.78 is 35.7. The number of hydrogen-bond donors (Lipinski definition) is 0. The normalized spacial score (nSPS) is 12.8. The summed E-state index contributed by atoms with van der Waals surface area (Å²) in [6.45, 7) is 10.6. The Hall–Kier alpha value is -2.54. The first-order valence-electron chi connectivity index (χ1n) is 10.4. The van der Waals surface area contributed by atoms with Crippen LogP contribution in [-0.4, -0.2) is 32.4 Å². The number of rotatable bonds is 9. The number of ether oxygens (including phenoxy) is 1. The van der Waals surface area contributed by atoms with E-state index in [4.69, 9.17) is 8.92 Å². The van der Waals surface area contributed by atoms with Crippen molar-refractivity contribution >= 4 is 16.0 Å². The zero-order valence-electron chi connectivity index (χ0n) is 19.2. The third-order valence-electron chi connectivity index (χ3n) is 4.93. The molecule has 31 heavy (non-hydrogen) atoms. The van der Waals surface area contributed by atoms with E-state index in [-0.39, 0.29) is 28.0 Å². The van der Waals surface area contributed by atoms with E-state index in [1.165, 1.54) is 19.2 Å². The molecule has 2 aromatic rings. The lowest BCUT2D eigenvalue weighted by molar-refractivity contribution is -0.135. The van der Waals surface area contributed by atoms with Gasteiger partial charge in [-0.1, -0.05) is 39.8 Å². The molecule has 0 N–H and O–H groups in total. The molecular formula is C24H33NO5S. The molecule has 0 saturated carbocycles. The van der Waals surface area contributed by atoms with Gasteiger partial charge in [-0.3, -0.25) is 4.79 Å². The number of nitrogens with zero attached hydrogens (tertiary/aromatic N) is 1. The second-order valence-corrected chi connectivity index (χ2v) is 10.4. The van der Waals surface area contributed by atoms with E-state index < -0.39 is 10.1 Å². The lowest BCUT2D eigenvalue weighted by Gasteiger charge is -2.31. The van der Waals surface area contributed by atoms with Crippen molar-refractivity contribution in [2.75, 3.05) is 7.11 Å². The average molecular weight is 448 g/mol. The summed E-state index contributed by atoms with van der Waals surface area (Å²) in [5.41, 5.74) is 0.699. The first-order chi connectivity index (χ1) is 14.4. The van der Waals surface area contributed by atoms with Gasteiger partial charge in [0.1, 0.15) is 16.4 Å². The third-order valence-corrected chi connectivity index (χ3v) is 6.19. The van der Waals surface area contributed by atoms with Gasteiger partial charge in [0.2, 0.25) is 5.91 Å². The Labute approximate surface area is 186 Å². The number of benzene rings is 2. The van der Waals surface area contributed by atoms with Crippen molar-refractivity contribution in [3.8, 4) is 11.5 Å². The maximum atomic E-state index is 12.9. The Morgan fingerprint density at radius 2 is 1.71 bits per heavy atom. The van der Waals surface area contributed by atoms with E-state index in [1.807, 2.05) is 45.6 Å². The lowest BCUT2D eigenvalue weighted by Crippen LogP contribution is -2.39. The molecule has 0 bridgehead atoms. The SMILES string of the molecule is CC[C@H](C)N(Cc1cccc(OS(=O)(=O)c2ccc(OC)cc2)c1)C(=O)CC(C)(C)C. The molecule has 170 valence electrons. The van der Waals surface area contributed by atoms with E-state index in [9.17, 15) is 13.2 Å². The maximum absolute atomic E-state index is 12.9. The van der Waals surface area contributed by atoms with Crippen LogP contribution in [0.1, 0.15) is 53.0 Å². The van der Waals surface area contributed by atoms with Gasteiger partial charge in [-0.25, -0.2) is 0 Å². The van der Waals surface area contributed by atoms with Crippen molar-refractivity contribution in [2.24, 2.45) is 5.41 Å². The number of methoxy groups -OCH3 is 1. The molecule has 1 amide bonds. The molecule has 0 radical (unpaired) electrons. The van der Waals surface area contributed by atoms with Crippen LogP contribution in [0.4, 0.5) is 0 Å². The lowest BCUT2D eigenvalue weighted by atomic mass is 9.91. The van der Waals surface area contributed by atoms with Crippen LogP contribution >= 0.6 is 0 Å². The summed E-state index contributed by atoms with van der Waals surface area (Å²) in [6, 6.07) is 12.9. The summed E-state index contributed by atoms with van der Waals surface area (Å²) in [6.07, 6.45) is 1.28. The van der Waals surface area contributed by atoms with Crippen LogP contribution < -0.4 is 8.92 Å². The fraction of sp³-hybridized carbons (Fsp3) is 0.458. The summed E-state index contributed by atoms with van der Waals surface area (Å²) in [4.78, 5) is 14.8. The number of carbonyl (C=O) groups is 1. The van der Waals surface area contributed by atoms with E-state index in [2.05, 4.69) is 0 Å². The molecule has 2 aromatic carbocycles. The van der Waals surface area contributed by atoms with Gasteiger partial charge in [0.25, 0.3) is 0 Å². The second kappa shape index (κ2) is 10.2. The molecule has 7 heteroatoms. The molecule has 0 aliphatic rings. The molecule has 0 aromatic heterocycles. The van der Waals surface area contributed by atoms with Crippen molar-refractivity contribution < 1.29 is 22.1 Å². The van der Waals surface area contributed by atoms with Crippen LogP contribution in [0.15, 0.2) is 53.4 Å². The topological polar surface area (TPSA) is 72.9 Å².